The molecule has 98 valence electrons. The molecule has 0 spiro atoms. The lowest BCUT2D eigenvalue weighted by Gasteiger charge is -2.12. The number of carboxylic acid groups (broad SMARTS) is 1. The van der Waals surface area contributed by atoms with E-state index in [0.29, 0.717) is 5.75 Å². The Hall–Kier alpha value is -2.08. The Morgan fingerprint density at radius 3 is 2.44 bits per heavy atom. The van der Waals surface area contributed by atoms with E-state index in [1.54, 1.807) is 6.07 Å². The minimum atomic E-state index is -1.27. The Kier molecular flexibility index (Phi) is 4.67. The molecule has 0 unspecified atom stereocenters. The minimum absolute atomic E-state index is 0.177. The molecular formula is C12H15NO5. The third-order valence-corrected chi connectivity index (χ3v) is 2.52. The number of aliphatic carboxylic acids is 1. The lowest BCUT2D eigenvalue weighted by atomic mass is 9.97. The summed E-state index contributed by atoms with van der Waals surface area (Å²) in [6, 6.07) is 4.54. The highest BCUT2D eigenvalue weighted by molar-refractivity contribution is 6.10. The zero-order valence-electron chi connectivity index (χ0n) is 10.2. The van der Waals surface area contributed by atoms with E-state index in [2.05, 4.69) is 0 Å². The van der Waals surface area contributed by atoms with Gasteiger partial charge >= 0.3 is 5.97 Å². The Balaban J connectivity index is 3.16. The minimum Gasteiger partial charge on any atom is -0.497 e. The van der Waals surface area contributed by atoms with Crippen LogP contribution in [0.3, 0.4) is 0 Å². The Morgan fingerprint density at radius 2 is 2.00 bits per heavy atom. The molecule has 0 saturated carbocycles. The van der Waals surface area contributed by atoms with Gasteiger partial charge in [-0.2, -0.15) is 0 Å². The van der Waals surface area contributed by atoms with Crippen molar-refractivity contribution in [3.8, 4) is 11.5 Å². The van der Waals surface area contributed by atoms with E-state index < -0.39 is 17.7 Å². The second kappa shape index (κ2) is 6.02. The van der Waals surface area contributed by atoms with Crippen molar-refractivity contribution in [3.05, 3.63) is 23.8 Å². The Morgan fingerprint density at radius 1 is 1.33 bits per heavy atom. The van der Waals surface area contributed by atoms with Crippen molar-refractivity contribution in [1.82, 2.24) is 0 Å². The van der Waals surface area contributed by atoms with Crippen LogP contribution < -0.4 is 15.2 Å². The van der Waals surface area contributed by atoms with Gasteiger partial charge in [0.25, 0.3) is 0 Å². The SMILES string of the molecule is COc1ccc(C(=O)[C@@H](CN)C(=O)O)c(OC)c1. The lowest BCUT2D eigenvalue weighted by Crippen LogP contribution is -2.31. The number of benzene rings is 1. The molecule has 6 nitrogen and oxygen atoms in total. The number of hydrogen-bond donors (Lipinski definition) is 2. The molecule has 18 heavy (non-hydrogen) atoms. The molecule has 0 heterocycles. The molecule has 1 aromatic carbocycles. The summed E-state index contributed by atoms with van der Waals surface area (Å²) >= 11 is 0. The summed E-state index contributed by atoms with van der Waals surface area (Å²) in [6.07, 6.45) is 0. The molecule has 0 aliphatic heterocycles. The van der Waals surface area contributed by atoms with Gasteiger partial charge in [-0.25, -0.2) is 0 Å². The standard InChI is InChI=1S/C12H15NO5/c1-17-7-3-4-8(10(5-7)18-2)11(14)9(6-13)12(15)16/h3-5,9H,6,13H2,1-2H3,(H,15,16)/t9-/m1/s1. The Labute approximate surface area is 104 Å². The van der Waals surface area contributed by atoms with Gasteiger partial charge in [0.15, 0.2) is 5.78 Å². The fourth-order valence-electron chi connectivity index (χ4n) is 1.51. The maximum Gasteiger partial charge on any atom is 0.315 e. The molecule has 1 atom stereocenters. The van der Waals surface area contributed by atoms with Crippen LogP contribution in [0.4, 0.5) is 0 Å². The average Bonchev–Trinajstić information content (AvgIpc) is 2.38. The highest BCUT2D eigenvalue weighted by Gasteiger charge is 2.28. The van der Waals surface area contributed by atoms with Crippen LogP contribution in [-0.4, -0.2) is 37.6 Å². The maximum absolute atomic E-state index is 12.0. The van der Waals surface area contributed by atoms with Crippen molar-refractivity contribution < 1.29 is 24.2 Å². The molecule has 0 aliphatic rings. The first-order valence-corrected chi connectivity index (χ1v) is 5.24. The number of hydrogen-bond acceptors (Lipinski definition) is 5. The summed E-state index contributed by atoms with van der Waals surface area (Å²) in [5.41, 5.74) is 5.47. The molecular weight excluding hydrogens is 238 g/mol. The van der Waals surface area contributed by atoms with E-state index in [4.69, 9.17) is 20.3 Å². The van der Waals surface area contributed by atoms with Gasteiger partial charge in [-0.15, -0.1) is 0 Å². The molecule has 0 aliphatic carbocycles. The second-order valence-electron chi connectivity index (χ2n) is 3.56. The number of carboxylic acids is 1. The van der Waals surface area contributed by atoms with Gasteiger partial charge in [0, 0.05) is 12.6 Å². The van der Waals surface area contributed by atoms with E-state index in [1.807, 2.05) is 0 Å². The van der Waals surface area contributed by atoms with Crippen LogP contribution >= 0.6 is 0 Å². The molecule has 0 saturated heterocycles. The highest BCUT2D eigenvalue weighted by Crippen LogP contribution is 2.26. The maximum atomic E-state index is 12.0. The summed E-state index contributed by atoms with van der Waals surface area (Å²) < 4.78 is 10.0. The average molecular weight is 253 g/mol. The van der Waals surface area contributed by atoms with Crippen LogP contribution in [0.1, 0.15) is 10.4 Å². The Bertz CT molecular complexity index is 458. The number of ketones is 1. The topological polar surface area (TPSA) is 98.9 Å². The van der Waals surface area contributed by atoms with Crippen molar-refractivity contribution in [3.63, 3.8) is 0 Å². The normalized spacial score (nSPS) is 11.7. The summed E-state index contributed by atoms with van der Waals surface area (Å²) in [6.45, 7) is -0.261. The predicted octanol–water partition coefficient (Wildman–Crippen LogP) is 0.546. The van der Waals surface area contributed by atoms with E-state index in [9.17, 15) is 9.59 Å². The molecule has 1 rings (SSSR count). The van der Waals surface area contributed by atoms with Crippen LogP contribution in [0.5, 0.6) is 11.5 Å². The molecule has 0 bridgehead atoms. The summed E-state index contributed by atoms with van der Waals surface area (Å²) in [7, 11) is 2.87. The number of carbonyl (C=O) groups excluding carboxylic acids is 1. The van der Waals surface area contributed by atoms with Gasteiger partial charge in [-0.3, -0.25) is 9.59 Å². The monoisotopic (exact) mass is 253 g/mol. The van der Waals surface area contributed by atoms with Gasteiger partial charge in [0.2, 0.25) is 0 Å². The van der Waals surface area contributed by atoms with E-state index >= 15 is 0 Å². The molecule has 0 aromatic heterocycles. The number of nitrogens with two attached hydrogens (primary N) is 1. The zero-order chi connectivity index (χ0) is 13.7. The van der Waals surface area contributed by atoms with Crippen molar-refractivity contribution >= 4 is 11.8 Å². The van der Waals surface area contributed by atoms with E-state index in [1.165, 1.54) is 26.4 Å². The van der Waals surface area contributed by atoms with Crippen LogP contribution in [-0.2, 0) is 4.79 Å². The molecule has 1 aromatic rings. The second-order valence-corrected chi connectivity index (χ2v) is 3.56. The number of methoxy groups -OCH3 is 2. The molecule has 0 amide bonds. The van der Waals surface area contributed by atoms with E-state index in [0.717, 1.165) is 0 Å². The third kappa shape index (κ3) is 2.78. The highest BCUT2D eigenvalue weighted by atomic mass is 16.5. The van der Waals surface area contributed by atoms with E-state index in [-0.39, 0.29) is 17.9 Å². The summed E-state index contributed by atoms with van der Waals surface area (Å²) in [5.74, 6) is -2.32. The van der Waals surface area contributed by atoms with Gasteiger partial charge in [-0.05, 0) is 12.1 Å². The third-order valence-electron chi connectivity index (χ3n) is 2.52. The molecule has 0 radical (unpaired) electrons. The molecule has 6 heteroatoms. The number of ether oxygens (including phenoxy) is 2. The smallest absolute Gasteiger partial charge is 0.315 e. The summed E-state index contributed by atoms with van der Waals surface area (Å²) in [5, 5.41) is 8.90. The van der Waals surface area contributed by atoms with Crippen molar-refractivity contribution in [1.29, 1.82) is 0 Å². The summed E-state index contributed by atoms with van der Waals surface area (Å²) in [4.78, 5) is 22.9. The first-order chi connectivity index (χ1) is 8.54. The van der Waals surface area contributed by atoms with Crippen LogP contribution in [0.15, 0.2) is 18.2 Å². The molecule has 0 fully saturated rings. The van der Waals surface area contributed by atoms with Crippen molar-refractivity contribution in [2.24, 2.45) is 11.7 Å². The first kappa shape index (κ1) is 14.0. The van der Waals surface area contributed by atoms with Crippen LogP contribution in [0.2, 0.25) is 0 Å². The van der Waals surface area contributed by atoms with Crippen molar-refractivity contribution in [2.45, 2.75) is 0 Å². The quantitative estimate of drug-likeness (QED) is 0.567. The largest absolute Gasteiger partial charge is 0.497 e. The number of Topliss-reactive ketones (excluding diaryl/α,β-unsaturated/α-hetero) is 1. The van der Waals surface area contributed by atoms with Crippen molar-refractivity contribution in [2.75, 3.05) is 20.8 Å². The fourth-order valence-corrected chi connectivity index (χ4v) is 1.51. The van der Waals surface area contributed by atoms with Gasteiger partial charge < -0.3 is 20.3 Å². The number of carbonyl (C=O) groups is 2. The first-order valence-electron chi connectivity index (χ1n) is 5.24. The zero-order valence-corrected chi connectivity index (χ0v) is 10.2. The molecule has 3 N–H and O–H groups in total. The van der Waals surface area contributed by atoms with Gasteiger partial charge in [0.05, 0.1) is 19.8 Å². The fraction of sp³-hybridized carbons (Fsp3) is 0.333. The van der Waals surface area contributed by atoms with Gasteiger partial charge in [0.1, 0.15) is 17.4 Å². The lowest BCUT2D eigenvalue weighted by molar-refractivity contribution is -0.139. The van der Waals surface area contributed by atoms with Crippen LogP contribution in [0, 0.1) is 5.92 Å². The van der Waals surface area contributed by atoms with Gasteiger partial charge in [-0.1, -0.05) is 0 Å². The predicted molar refractivity (Wildman–Crippen MR) is 64.1 cm³/mol. The van der Waals surface area contributed by atoms with Crippen LogP contribution in [0.25, 0.3) is 0 Å². The number of rotatable bonds is 6.